The van der Waals surface area contributed by atoms with Gasteiger partial charge in [0.15, 0.2) is 0 Å². The van der Waals surface area contributed by atoms with Crippen molar-refractivity contribution < 1.29 is 0 Å². The van der Waals surface area contributed by atoms with Gasteiger partial charge in [-0.05, 0) is 49.3 Å². The zero-order valence-electron chi connectivity index (χ0n) is 13.2. The molecule has 1 spiro atoms. The molecule has 2 aliphatic heterocycles. The van der Waals surface area contributed by atoms with Crippen LogP contribution in [0.5, 0.6) is 0 Å². The van der Waals surface area contributed by atoms with E-state index in [4.69, 9.17) is 4.98 Å². The van der Waals surface area contributed by atoms with Crippen molar-refractivity contribution in [1.29, 1.82) is 0 Å². The summed E-state index contributed by atoms with van der Waals surface area (Å²) in [5.74, 6) is 0.924. The number of rotatable bonds is 5. The molecule has 21 heavy (non-hydrogen) atoms. The van der Waals surface area contributed by atoms with Crippen LogP contribution >= 0.6 is 0 Å². The van der Waals surface area contributed by atoms with Crippen LogP contribution in [0.3, 0.4) is 0 Å². The molecular formula is C18H27N3. The fourth-order valence-electron chi connectivity index (χ4n) is 3.98. The molecule has 1 aromatic heterocycles. The molecule has 0 bridgehead atoms. The molecule has 3 heterocycles. The highest BCUT2D eigenvalue weighted by Gasteiger charge is 2.47. The Morgan fingerprint density at radius 2 is 1.81 bits per heavy atom. The van der Waals surface area contributed by atoms with Crippen LogP contribution in [0.2, 0.25) is 0 Å². The maximum Gasteiger partial charge on any atom is 0.0547 e. The van der Waals surface area contributed by atoms with Gasteiger partial charge in [0.2, 0.25) is 0 Å². The Hall–Kier alpha value is -0.930. The topological polar surface area (TPSA) is 19.4 Å². The smallest absolute Gasteiger partial charge is 0.0547 e. The summed E-state index contributed by atoms with van der Waals surface area (Å²) >= 11 is 0. The van der Waals surface area contributed by atoms with Crippen molar-refractivity contribution in [2.75, 3.05) is 26.2 Å². The Balaban J connectivity index is 1.33. The van der Waals surface area contributed by atoms with Crippen LogP contribution in [0.4, 0.5) is 0 Å². The van der Waals surface area contributed by atoms with Crippen molar-refractivity contribution in [3.8, 4) is 0 Å². The molecule has 0 aromatic carbocycles. The number of aromatic nitrogens is 1. The summed E-state index contributed by atoms with van der Waals surface area (Å²) in [4.78, 5) is 10.0. The number of likely N-dealkylation sites (tertiary alicyclic amines) is 2. The van der Waals surface area contributed by atoms with Crippen molar-refractivity contribution in [1.82, 2.24) is 14.8 Å². The molecule has 114 valence electrons. The lowest BCUT2D eigenvalue weighted by molar-refractivity contribution is 0.0884. The highest BCUT2D eigenvalue weighted by atomic mass is 15.2. The average Bonchev–Trinajstić information content (AvgIpc) is 3.08. The summed E-state index contributed by atoms with van der Waals surface area (Å²) in [6, 6.07) is 6.58. The Kier molecular flexibility index (Phi) is 3.50. The summed E-state index contributed by atoms with van der Waals surface area (Å²) in [6.45, 7) is 9.48. The van der Waals surface area contributed by atoms with Crippen LogP contribution in [-0.2, 0) is 13.1 Å². The zero-order chi connectivity index (χ0) is 14.3. The Morgan fingerprint density at radius 3 is 2.43 bits per heavy atom. The molecule has 1 aromatic rings. The molecule has 0 N–H and O–H groups in total. The first-order valence-corrected chi connectivity index (χ1v) is 8.64. The predicted molar refractivity (Wildman–Crippen MR) is 84.9 cm³/mol. The van der Waals surface area contributed by atoms with Gasteiger partial charge in [0.1, 0.15) is 0 Å². The average molecular weight is 285 g/mol. The van der Waals surface area contributed by atoms with Gasteiger partial charge in [-0.3, -0.25) is 14.8 Å². The van der Waals surface area contributed by atoms with Crippen LogP contribution < -0.4 is 0 Å². The van der Waals surface area contributed by atoms with E-state index in [-0.39, 0.29) is 0 Å². The summed E-state index contributed by atoms with van der Waals surface area (Å²) in [5.41, 5.74) is 3.24. The standard InChI is InChI=1S/C18H27N3/c1-2-15-10-21(11-15)13-17-5-3-4-16(19-17)12-20-9-8-18(14-20)6-7-18/h3-5,15H,2,6-14H2,1H3. The van der Waals surface area contributed by atoms with Gasteiger partial charge in [-0.25, -0.2) is 0 Å². The second kappa shape index (κ2) is 5.36. The van der Waals surface area contributed by atoms with E-state index in [0.717, 1.165) is 24.4 Å². The first kappa shape index (κ1) is 13.7. The van der Waals surface area contributed by atoms with E-state index in [1.807, 2.05) is 0 Å². The molecule has 1 saturated carbocycles. The maximum atomic E-state index is 4.89. The lowest BCUT2D eigenvalue weighted by Gasteiger charge is -2.38. The molecule has 0 radical (unpaired) electrons. The van der Waals surface area contributed by atoms with Crippen LogP contribution in [0.15, 0.2) is 18.2 Å². The lowest BCUT2D eigenvalue weighted by atomic mass is 9.97. The zero-order valence-corrected chi connectivity index (χ0v) is 13.2. The minimum atomic E-state index is 0.727. The lowest BCUT2D eigenvalue weighted by Crippen LogP contribution is -2.45. The SMILES string of the molecule is CCC1CN(Cc2cccc(CN3CCC4(CC4)C3)n2)C1. The van der Waals surface area contributed by atoms with Crippen LogP contribution in [-0.4, -0.2) is 41.0 Å². The molecule has 0 amide bonds. The van der Waals surface area contributed by atoms with Crippen molar-refractivity contribution in [2.24, 2.45) is 11.3 Å². The number of hydrogen-bond donors (Lipinski definition) is 0. The van der Waals surface area contributed by atoms with Gasteiger partial charge < -0.3 is 0 Å². The minimum absolute atomic E-state index is 0.727. The highest BCUT2D eigenvalue weighted by molar-refractivity contribution is 5.12. The number of pyridine rings is 1. The Labute approximate surface area is 128 Å². The van der Waals surface area contributed by atoms with Crippen molar-refractivity contribution in [2.45, 2.75) is 45.7 Å². The van der Waals surface area contributed by atoms with Crippen LogP contribution in [0.25, 0.3) is 0 Å². The van der Waals surface area contributed by atoms with Crippen molar-refractivity contribution >= 4 is 0 Å². The molecule has 0 atom stereocenters. The molecule has 1 aliphatic carbocycles. The first-order valence-electron chi connectivity index (χ1n) is 8.64. The largest absolute Gasteiger partial charge is 0.297 e. The summed E-state index contributed by atoms with van der Waals surface area (Å²) in [7, 11) is 0. The Morgan fingerprint density at radius 1 is 1.10 bits per heavy atom. The second-order valence-electron chi connectivity index (χ2n) is 7.55. The van der Waals surface area contributed by atoms with Gasteiger partial charge >= 0.3 is 0 Å². The fourth-order valence-corrected chi connectivity index (χ4v) is 3.98. The summed E-state index contributed by atoms with van der Waals surface area (Å²) in [6.07, 6.45) is 5.66. The highest BCUT2D eigenvalue weighted by Crippen LogP contribution is 2.52. The first-order chi connectivity index (χ1) is 10.2. The van der Waals surface area contributed by atoms with E-state index >= 15 is 0 Å². The molecule has 2 saturated heterocycles. The molecule has 0 unspecified atom stereocenters. The third-order valence-corrected chi connectivity index (χ3v) is 5.72. The molecular weight excluding hydrogens is 258 g/mol. The van der Waals surface area contributed by atoms with Gasteiger partial charge in [-0.15, -0.1) is 0 Å². The summed E-state index contributed by atoms with van der Waals surface area (Å²) < 4.78 is 0. The van der Waals surface area contributed by atoms with E-state index in [9.17, 15) is 0 Å². The van der Waals surface area contributed by atoms with Gasteiger partial charge in [-0.2, -0.15) is 0 Å². The molecule has 3 aliphatic rings. The quantitative estimate of drug-likeness (QED) is 0.829. The van der Waals surface area contributed by atoms with Gasteiger partial charge in [0.05, 0.1) is 11.4 Å². The van der Waals surface area contributed by atoms with E-state index in [2.05, 4.69) is 34.9 Å². The Bertz CT molecular complexity index is 503. The monoisotopic (exact) mass is 285 g/mol. The molecule has 3 fully saturated rings. The maximum absolute atomic E-state index is 4.89. The van der Waals surface area contributed by atoms with E-state index in [0.29, 0.717) is 0 Å². The van der Waals surface area contributed by atoms with E-state index in [1.165, 1.54) is 63.3 Å². The molecule has 4 rings (SSSR count). The van der Waals surface area contributed by atoms with Crippen molar-refractivity contribution in [3.05, 3.63) is 29.6 Å². The van der Waals surface area contributed by atoms with Crippen molar-refractivity contribution in [3.63, 3.8) is 0 Å². The minimum Gasteiger partial charge on any atom is -0.297 e. The van der Waals surface area contributed by atoms with Gasteiger partial charge in [0.25, 0.3) is 0 Å². The van der Waals surface area contributed by atoms with E-state index < -0.39 is 0 Å². The van der Waals surface area contributed by atoms with Gasteiger partial charge in [-0.1, -0.05) is 19.4 Å². The number of nitrogens with zero attached hydrogens (tertiary/aromatic N) is 3. The fraction of sp³-hybridized carbons (Fsp3) is 0.722. The summed E-state index contributed by atoms with van der Waals surface area (Å²) in [5, 5.41) is 0. The predicted octanol–water partition coefficient (Wildman–Crippen LogP) is 2.91. The van der Waals surface area contributed by atoms with Gasteiger partial charge in [0, 0.05) is 32.7 Å². The van der Waals surface area contributed by atoms with Crippen LogP contribution in [0, 0.1) is 11.3 Å². The third kappa shape index (κ3) is 3.00. The van der Waals surface area contributed by atoms with E-state index in [1.54, 1.807) is 0 Å². The normalized spacial score (nSPS) is 25.4. The third-order valence-electron chi connectivity index (χ3n) is 5.72. The molecule has 3 heteroatoms. The second-order valence-corrected chi connectivity index (χ2v) is 7.55. The van der Waals surface area contributed by atoms with Crippen LogP contribution in [0.1, 0.15) is 44.0 Å². The number of hydrogen-bond acceptors (Lipinski definition) is 3. The molecule has 3 nitrogen and oxygen atoms in total.